The Morgan fingerprint density at radius 2 is 2.00 bits per heavy atom. The Labute approximate surface area is 117 Å². The number of aromatic nitrogens is 3. The number of nitrogen functional groups attached to an aromatic ring is 1. The average Bonchev–Trinajstić information content (AvgIpc) is 3.05. The van der Waals surface area contributed by atoms with Gasteiger partial charge >= 0.3 is 0 Å². The highest BCUT2D eigenvalue weighted by molar-refractivity contribution is 5.88. The van der Waals surface area contributed by atoms with Gasteiger partial charge < -0.3 is 10.2 Å². The highest BCUT2D eigenvalue weighted by Gasteiger charge is 2.20. The van der Waals surface area contributed by atoms with Gasteiger partial charge in [0.2, 0.25) is 0 Å². The van der Waals surface area contributed by atoms with Crippen molar-refractivity contribution < 1.29 is 4.42 Å². The maximum atomic E-state index is 6.18. The number of nitrogens with zero attached hydrogens (tertiary/aromatic N) is 3. The summed E-state index contributed by atoms with van der Waals surface area (Å²) >= 11 is 0. The summed E-state index contributed by atoms with van der Waals surface area (Å²) < 4.78 is 7.20. The van der Waals surface area contributed by atoms with E-state index in [1.54, 1.807) is 23.3 Å². The molecule has 0 aliphatic carbocycles. The fourth-order valence-corrected chi connectivity index (χ4v) is 2.35. The topological polar surface area (TPSA) is 69.9 Å². The Balaban J connectivity index is 2.25. The second kappa shape index (κ2) is 4.85. The smallest absolute Gasteiger partial charge is 0.129 e. The summed E-state index contributed by atoms with van der Waals surface area (Å²) in [5, 5.41) is 4.55. The van der Waals surface area contributed by atoms with E-state index in [0.29, 0.717) is 5.82 Å². The molecule has 0 aliphatic heterocycles. The molecule has 0 saturated carbocycles. The molecular formula is C15H16N4O. The third kappa shape index (κ3) is 1.87. The standard InChI is InChI=1S/C15H16N4O/c1-3-12-11(6-9-20-12)14-13(15(16)19(2)18-14)10-4-7-17-8-5-10/h4-9H,3,16H2,1-2H3. The number of hydrogen-bond acceptors (Lipinski definition) is 4. The van der Waals surface area contributed by atoms with Crippen molar-refractivity contribution in [3.05, 3.63) is 42.6 Å². The summed E-state index contributed by atoms with van der Waals surface area (Å²) in [5.74, 6) is 1.55. The molecule has 0 bridgehead atoms. The van der Waals surface area contributed by atoms with Crippen molar-refractivity contribution in [1.82, 2.24) is 14.8 Å². The van der Waals surface area contributed by atoms with Crippen LogP contribution >= 0.6 is 0 Å². The first-order chi connectivity index (χ1) is 9.72. The van der Waals surface area contributed by atoms with Crippen LogP contribution in [0.1, 0.15) is 12.7 Å². The van der Waals surface area contributed by atoms with Crippen molar-refractivity contribution in [3.63, 3.8) is 0 Å². The fourth-order valence-electron chi connectivity index (χ4n) is 2.35. The van der Waals surface area contributed by atoms with Gasteiger partial charge in [0.25, 0.3) is 0 Å². The Morgan fingerprint density at radius 1 is 1.25 bits per heavy atom. The van der Waals surface area contributed by atoms with Gasteiger partial charge in [0.15, 0.2) is 0 Å². The Hall–Kier alpha value is -2.56. The number of pyridine rings is 1. The molecule has 20 heavy (non-hydrogen) atoms. The van der Waals surface area contributed by atoms with Crippen molar-refractivity contribution in [2.45, 2.75) is 13.3 Å². The van der Waals surface area contributed by atoms with E-state index in [2.05, 4.69) is 17.0 Å². The van der Waals surface area contributed by atoms with Gasteiger partial charge in [0.1, 0.15) is 17.3 Å². The number of furan rings is 1. The minimum Gasteiger partial charge on any atom is -0.469 e. The molecule has 0 spiro atoms. The first-order valence-electron chi connectivity index (χ1n) is 6.52. The van der Waals surface area contributed by atoms with E-state index in [1.165, 1.54) is 0 Å². The molecule has 3 heterocycles. The fraction of sp³-hybridized carbons (Fsp3) is 0.200. The second-order valence-electron chi connectivity index (χ2n) is 4.58. The predicted molar refractivity (Wildman–Crippen MR) is 77.9 cm³/mol. The number of aryl methyl sites for hydroxylation is 2. The van der Waals surface area contributed by atoms with E-state index in [-0.39, 0.29) is 0 Å². The summed E-state index contributed by atoms with van der Waals surface area (Å²) in [4.78, 5) is 4.05. The van der Waals surface area contributed by atoms with Crippen molar-refractivity contribution in [2.75, 3.05) is 5.73 Å². The van der Waals surface area contributed by atoms with E-state index >= 15 is 0 Å². The van der Waals surface area contributed by atoms with Crippen LogP contribution in [0.25, 0.3) is 22.4 Å². The zero-order valence-corrected chi connectivity index (χ0v) is 11.5. The SMILES string of the molecule is CCc1occc1-c1nn(C)c(N)c1-c1ccncc1. The zero-order chi connectivity index (χ0) is 14.1. The number of rotatable bonds is 3. The molecule has 0 fully saturated rings. The molecule has 0 radical (unpaired) electrons. The highest BCUT2D eigenvalue weighted by atomic mass is 16.3. The van der Waals surface area contributed by atoms with Crippen LogP contribution in [-0.2, 0) is 13.5 Å². The third-order valence-electron chi connectivity index (χ3n) is 3.38. The van der Waals surface area contributed by atoms with Crippen molar-refractivity contribution in [1.29, 1.82) is 0 Å². The highest BCUT2D eigenvalue weighted by Crippen LogP contribution is 2.37. The van der Waals surface area contributed by atoms with Gasteiger partial charge in [-0.2, -0.15) is 5.10 Å². The molecule has 0 saturated heterocycles. The Morgan fingerprint density at radius 3 is 2.70 bits per heavy atom. The molecule has 0 amide bonds. The van der Waals surface area contributed by atoms with Crippen LogP contribution in [0.2, 0.25) is 0 Å². The normalized spacial score (nSPS) is 10.9. The number of anilines is 1. The lowest BCUT2D eigenvalue weighted by Gasteiger charge is -2.03. The van der Waals surface area contributed by atoms with Gasteiger partial charge in [-0.3, -0.25) is 9.67 Å². The average molecular weight is 268 g/mol. The lowest BCUT2D eigenvalue weighted by atomic mass is 10.0. The van der Waals surface area contributed by atoms with Crippen LogP contribution < -0.4 is 5.73 Å². The van der Waals surface area contributed by atoms with Crippen LogP contribution in [0.5, 0.6) is 0 Å². The largest absolute Gasteiger partial charge is 0.469 e. The van der Waals surface area contributed by atoms with E-state index in [0.717, 1.165) is 34.6 Å². The zero-order valence-electron chi connectivity index (χ0n) is 11.5. The number of nitrogens with two attached hydrogens (primary N) is 1. The molecule has 0 aromatic carbocycles. The predicted octanol–water partition coefficient (Wildman–Crippen LogP) is 2.89. The summed E-state index contributed by atoms with van der Waals surface area (Å²) in [7, 11) is 1.84. The molecule has 0 unspecified atom stereocenters. The molecule has 2 N–H and O–H groups in total. The quantitative estimate of drug-likeness (QED) is 0.793. The van der Waals surface area contributed by atoms with Crippen LogP contribution in [0, 0.1) is 0 Å². The first-order valence-corrected chi connectivity index (χ1v) is 6.52. The Kier molecular flexibility index (Phi) is 3.02. The molecule has 5 nitrogen and oxygen atoms in total. The van der Waals surface area contributed by atoms with Gasteiger partial charge in [0.05, 0.1) is 11.8 Å². The second-order valence-corrected chi connectivity index (χ2v) is 4.58. The molecular weight excluding hydrogens is 252 g/mol. The maximum Gasteiger partial charge on any atom is 0.129 e. The van der Waals surface area contributed by atoms with Gasteiger partial charge in [-0.25, -0.2) is 0 Å². The Bertz CT molecular complexity index is 728. The summed E-state index contributed by atoms with van der Waals surface area (Å²) in [6.07, 6.45) is 6.01. The van der Waals surface area contributed by atoms with E-state index in [9.17, 15) is 0 Å². The van der Waals surface area contributed by atoms with Crippen LogP contribution in [0.4, 0.5) is 5.82 Å². The lowest BCUT2D eigenvalue weighted by molar-refractivity contribution is 0.517. The summed E-state index contributed by atoms with van der Waals surface area (Å²) in [5.41, 5.74) is 9.95. The van der Waals surface area contributed by atoms with Crippen molar-refractivity contribution in [2.24, 2.45) is 7.05 Å². The summed E-state index contributed by atoms with van der Waals surface area (Å²) in [6, 6.07) is 5.80. The minimum atomic E-state index is 0.634. The molecule has 0 atom stereocenters. The molecule has 0 aliphatic rings. The van der Waals surface area contributed by atoms with E-state index in [1.807, 2.05) is 25.2 Å². The number of hydrogen-bond donors (Lipinski definition) is 1. The van der Waals surface area contributed by atoms with E-state index < -0.39 is 0 Å². The monoisotopic (exact) mass is 268 g/mol. The lowest BCUT2D eigenvalue weighted by Crippen LogP contribution is -1.97. The molecule has 102 valence electrons. The van der Waals surface area contributed by atoms with Crippen molar-refractivity contribution in [3.8, 4) is 22.4 Å². The summed E-state index contributed by atoms with van der Waals surface area (Å²) in [6.45, 7) is 2.06. The van der Waals surface area contributed by atoms with Gasteiger partial charge in [0, 0.05) is 31.4 Å². The minimum absolute atomic E-state index is 0.634. The van der Waals surface area contributed by atoms with Crippen molar-refractivity contribution >= 4 is 5.82 Å². The third-order valence-corrected chi connectivity index (χ3v) is 3.38. The van der Waals surface area contributed by atoms with Gasteiger partial charge in [-0.05, 0) is 23.8 Å². The van der Waals surface area contributed by atoms with Gasteiger partial charge in [-0.15, -0.1) is 0 Å². The maximum absolute atomic E-state index is 6.18. The molecule has 5 heteroatoms. The molecule has 3 aromatic heterocycles. The van der Waals surface area contributed by atoms with Gasteiger partial charge in [-0.1, -0.05) is 6.92 Å². The van der Waals surface area contributed by atoms with Crippen LogP contribution in [0.3, 0.4) is 0 Å². The first kappa shape index (κ1) is 12.5. The molecule has 3 aromatic rings. The van der Waals surface area contributed by atoms with E-state index in [4.69, 9.17) is 10.2 Å². The van der Waals surface area contributed by atoms with Crippen LogP contribution in [-0.4, -0.2) is 14.8 Å². The molecule has 3 rings (SSSR count). The van der Waals surface area contributed by atoms with Crippen LogP contribution in [0.15, 0.2) is 41.3 Å².